The lowest BCUT2D eigenvalue weighted by molar-refractivity contribution is 0.0772. The number of nitrogens with zero attached hydrogens (tertiary/aromatic N) is 1. The van der Waals surface area contributed by atoms with Crippen molar-refractivity contribution < 1.29 is 17.6 Å². The molecule has 0 aliphatic heterocycles. The van der Waals surface area contributed by atoms with Gasteiger partial charge in [0, 0.05) is 6.54 Å². The second-order valence-corrected chi connectivity index (χ2v) is 5.65. The van der Waals surface area contributed by atoms with Gasteiger partial charge in [-0.2, -0.15) is 0 Å². The van der Waals surface area contributed by atoms with Crippen LogP contribution in [0.2, 0.25) is 0 Å². The number of halogens is 1. The van der Waals surface area contributed by atoms with Crippen LogP contribution in [0, 0.1) is 18.2 Å². The monoisotopic (exact) mass is 298 g/mol. The third kappa shape index (κ3) is 3.79. The van der Waals surface area contributed by atoms with Crippen molar-refractivity contribution in [2.75, 3.05) is 13.1 Å². The molecule has 0 atom stereocenters. The highest BCUT2D eigenvalue weighted by molar-refractivity contribution is 7.89. The van der Waals surface area contributed by atoms with Gasteiger partial charge in [-0.1, -0.05) is 12.8 Å². The van der Waals surface area contributed by atoms with E-state index >= 15 is 0 Å². The van der Waals surface area contributed by atoms with Crippen molar-refractivity contribution >= 4 is 15.9 Å². The fourth-order valence-corrected chi connectivity index (χ4v) is 2.43. The van der Waals surface area contributed by atoms with Crippen molar-refractivity contribution in [1.82, 2.24) is 4.90 Å². The fourth-order valence-electron chi connectivity index (χ4n) is 1.72. The second kappa shape index (κ2) is 6.50. The number of amides is 1. The minimum atomic E-state index is -4.12. The van der Waals surface area contributed by atoms with Crippen LogP contribution in [-0.2, 0) is 10.0 Å². The van der Waals surface area contributed by atoms with Crippen molar-refractivity contribution in [3.63, 3.8) is 0 Å². The number of rotatable bonds is 5. The molecular weight excluding hydrogens is 283 g/mol. The van der Waals surface area contributed by atoms with E-state index in [0.29, 0.717) is 13.0 Å². The third-order valence-corrected chi connectivity index (χ3v) is 3.51. The number of primary sulfonamides is 1. The van der Waals surface area contributed by atoms with E-state index < -0.39 is 26.6 Å². The van der Waals surface area contributed by atoms with E-state index in [1.807, 2.05) is 6.92 Å². The molecule has 2 N–H and O–H groups in total. The minimum Gasteiger partial charge on any atom is -0.327 e. The standard InChI is InChI=1S/C13H15FN2O3S/c1-3-7-16(8-4-2)13(17)11-9-10(14)5-6-12(11)20(15,18)19/h1,5-6,9H,4,7-8H2,2H3,(H2,15,18,19). The SMILES string of the molecule is C#CCN(CCC)C(=O)c1cc(F)ccc1S(N)(=O)=O. The zero-order chi connectivity index (χ0) is 15.3. The maximum Gasteiger partial charge on any atom is 0.256 e. The predicted octanol–water partition coefficient (Wildman–Crippen LogP) is 0.959. The highest BCUT2D eigenvalue weighted by atomic mass is 32.2. The van der Waals surface area contributed by atoms with Gasteiger partial charge in [0.1, 0.15) is 5.82 Å². The van der Waals surface area contributed by atoms with Gasteiger partial charge in [0.2, 0.25) is 10.0 Å². The highest BCUT2D eigenvalue weighted by Crippen LogP contribution is 2.18. The van der Waals surface area contributed by atoms with Crippen LogP contribution >= 0.6 is 0 Å². The lowest BCUT2D eigenvalue weighted by atomic mass is 10.2. The Labute approximate surface area is 117 Å². The molecule has 1 aromatic carbocycles. The molecule has 0 spiro atoms. The molecule has 0 aliphatic carbocycles. The number of carbonyl (C=O) groups is 1. The summed E-state index contributed by atoms with van der Waals surface area (Å²) in [4.78, 5) is 13.1. The van der Waals surface area contributed by atoms with Crippen LogP contribution in [0.3, 0.4) is 0 Å². The van der Waals surface area contributed by atoms with Gasteiger partial charge in [0.15, 0.2) is 0 Å². The van der Waals surface area contributed by atoms with E-state index in [1.165, 1.54) is 4.90 Å². The van der Waals surface area contributed by atoms with Crippen molar-refractivity contribution in [2.45, 2.75) is 18.2 Å². The molecule has 0 bridgehead atoms. The quantitative estimate of drug-likeness (QED) is 0.822. The summed E-state index contributed by atoms with van der Waals surface area (Å²) in [5.41, 5.74) is -0.309. The second-order valence-electron chi connectivity index (χ2n) is 4.12. The topological polar surface area (TPSA) is 80.5 Å². The first-order valence-corrected chi connectivity index (χ1v) is 7.41. The van der Waals surface area contributed by atoms with E-state index in [1.54, 1.807) is 0 Å². The van der Waals surface area contributed by atoms with Crippen LogP contribution in [-0.4, -0.2) is 32.3 Å². The maximum absolute atomic E-state index is 13.3. The van der Waals surface area contributed by atoms with Crippen molar-refractivity contribution in [3.8, 4) is 12.3 Å². The van der Waals surface area contributed by atoms with Crippen molar-refractivity contribution in [2.24, 2.45) is 5.14 Å². The lowest BCUT2D eigenvalue weighted by Crippen LogP contribution is -2.33. The zero-order valence-electron chi connectivity index (χ0n) is 11.0. The van der Waals surface area contributed by atoms with E-state index in [0.717, 1.165) is 18.2 Å². The molecule has 1 rings (SSSR count). The van der Waals surface area contributed by atoms with Gasteiger partial charge in [-0.25, -0.2) is 17.9 Å². The smallest absolute Gasteiger partial charge is 0.256 e. The van der Waals surface area contributed by atoms with Crippen LogP contribution < -0.4 is 5.14 Å². The maximum atomic E-state index is 13.3. The molecule has 1 amide bonds. The summed E-state index contributed by atoms with van der Waals surface area (Å²) in [5, 5.41) is 5.03. The third-order valence-electron chi connectivity index (χ3n) is 2.54. The Balaban J connectivity index is 3.33. The first-order chi connectivity index (χ1) is 9.31. The van der Waals surface area contributed by atoms with Crippen LogP contribution in [0.5, 0.6) is 0 Å². The van der Waals surface area contributed by atoms with Gasteiger partial charge in [0.05, 0.1) is 17.0 Å². The summed E-state index contributed by atoms with van der Waals surface area (Å²) in [7, 11) is -4.12. The summed E-state index contributed by atoms with van der Waals surface area (Å²) < 4.78 is 36.2. The summed E-state index contributed by atoms with van der Waals surface area (Å²) in [6.45, 7) is 2.18. The number of sulfonamides is 1. The molecule has 0 fully saturated rings. The Hall–Kier alpha value is -1.91. The first-order valence-electron chi connectivity index (χ1n) is 5.86. The van der Waals surface area contributed by atoms with Gasteiger partial charge in [-0.3, -0.25) is 4.79 Å². The molecule has 0 unspecified atom stereocenters. The van der Waals surface area contributed by atoms with E-state index in [9.17, 15) is 17.6 Å². The van der Waals surface area contributed by atoms with Gasteiger partial charge < -0.3 is 4.90 Å². The Kier molecular flexibility index (Phi) is 5.25. The van der Waals surface area contributed by atoms with Gasteiger partial charge in [-0.15, -0.1) is 6.42 Å². The summed E-state index contributed by atoms with van der Waals surface area (Å²) in [6.07, 6.45) is 5.80. The van der Waals surface area contributed by atoms with Crippen LogP contribution in [0.25, 0.3) is 0 Å². The number of hydrogen-bond donors (Lipinski definition) is 1. The molecule has 0 aliphatic rings. The van der Waals surface area contributed by atoms with E-state index in [2.05, 4.69) is 5.92 Å². The zero-order valence-corrected chi connectivity index (χ0v) is 11.8. The molecule has 20 heavy (non-hydrogen) atoms. The highest BCUT2D eigenvalue weighted by Gasteiger charge is 2.23. The Morgan fingerprint density at radius 3 is 2.65 bits per heavy atom. The molecular formula is C13H15FN2O3S. The first kappa shape index (κ1) is 16.1. The van der Waals surface area contributed by atoms with E-state index in [-0.39, 0.29) is 12.1 Å². The van der Waals surface area contributed by atoms with E-state index in [4.69, 9.17) is 11.6 Å². The molecule has 7 heteroatoms. The Morgan fingerprint density at radius 1 is 1.50 bits per heavy atom. The average Bonchev–Trinajstić information content (AvgIpc) is 2.36. The van der Waals surface area contributed by atoms with Crippen LogP contribution in [0.1, 0.15) is 23.7 Å². The number of nitrogens with two attached hydrogens (primary N) is 1. The number of hydrogen-bond acceptors (Lipinski definition) is 3. The average molecular weight is 298 g/mol. The molecule has 0 aromatic heterocycles. The summed E-state index contributed by atoms with van der Waals surface area (Å²) in [6, 6.07) is 2.75. The largest absolute Gasteiger partial charge is 0.327 e. The van der Waals surface area contributed by atoms with Crippen molar-refractivity contribution in [3.05, 3.63) is 29.6 Å². The summed E-state index contributed by atoms with van der Waals surface area (Å²) in [5.74, 6) is 0.924. The number of carbonyl (C=O) groups excluding carboxylic acids is 1. The van der Waals surface area contributed by atoms with Crippen molar-refractivity contribution in [1.29, 1.82) is 0 Å². The molecule has 108 valence electrons. The van der Waals surface area contributed by atoms with Gasteiger partial charge in [-0.05, 0) is 24.6 Å². The molecule has 0 radical (unpaired) electrons. The fraction of sp³-hybridized carbons (Fsp3) is 0.308. The minimum absolute atomic E-state index is 0.00719. The number of benzene rings is 1. The van der Waals surface area contributed by atoms with Gasteiger partial charge in [0.25, 0.3) is 5.91 Å². The normalized spacial score (nSPS) is 10.9. The van der Waals surface area contributed by atoms with Gasteiger partial charge >= 0.3 is 0 Å². The molecule has 0 saturated heterocycles. The Bertz CT molecular complexity index is 650. The molecule has 0 heterocycles. The molecule has 5 nitrogen and oxygen atoms in total. The van der Waals surface area contributed by atoms with Crippen LogP contribution in [0.4, 0.5) is 4.39 Å². The predicted molar refractivity (Wildman–Crippen MR) is 72.8 cm³/mol. The van der Waals surface area contributed by atoms with Crippen LogP contribution in [0.15, 0.2) is 23.1 Å². The molecule has 0 saturated carbocycles. The lowest BCUT2D eigenvalue weighted by Gasteiger charge is -2.20. The molecule has 1 aromatic rings. The Morgan fingerprint density at radius 2 is 2.15 bits per heavy atom. The summed E-state index contributed by atoms with van der Waals surface area (Å²) >= 11 is 0. The number of terminal acetylenes is 1.